The molecule has 2 N–H and O–H groups in total. The van der Waals surface area contributed by atoms with Crippen LogP contribution in [0.4, 0.5) is 0 Å². The fourth-order valence-electron chi connectivity index (χ4n) is 2.59. The van der Waals surface area contributed by atoms with Gasteiger partial charge in [0.1, 0.15) is 6.10 Å². The Morgan fingerprint density at radius 1 is 1.42 bits per heavy atom. The average molecular weight is 264 g/mol. The van der Waals surface area contributed by atoms with Gasteiger partial charge in [-0.3, -0.25) is 0 Å². The fourth-order valence-corrected chi connectivity index (χ4v) is 2.59. The Hall–Kier alpha value is -1.39. The summed E-state index contributed by atoms with van der Waals surface area (Å²) >= 11 is 0. The van der Waals surface area contributed by atoms with E-state index in [2.05, 4.69) is 13.2 Å². The molecule has 0 unspecified atom stereocenters. The zero-order valence-electron chi connectivity index (χ0n) is 11.1. The summed E-state index contributed by atoms with van der Waals surface area (Å²) in [6.45, 7) is 9.51. The molecule has 0 amide bonds. The molecule has 1 aliphatic carbocycles. The molecule has 4 heteroatoms. The van der Waals surface area contributed by atoms with Crippen LogP contribution in [0.3, 0.4) is 0 Å². The molecule has 2 aliphatic rings. The molecule has 2 bridgehead atoms. The maximum atomic E-state index is 11.7. The molecular formula is C15H20O4. The number of esters is 1. The first kappa shape index (κ1) is 14.0. The number of aliphatic hydroxyl groups excluding tert-OH is 2. The molecule has 0 saturated carbocycles. The van der Waals surface area contributed by atoms with Crippen molar-refractivity contribution in [2.24, 2.45) is 5.92 Å². The molecule has 0 fully saturated rings. The van der Waals surface area contributed by atoms with E-state index in [1.807, 2.05) is 6.92 Å². The summed E-state index contributed by atoms with van der Waals surface area (Å²) in [5.41, 5.74) is 1.84. The van der Waals surface area contributed by atoms with Gasteiger partial charge in [-0.1, -0.05) is 18.7 Å². The van der Waals surface area contributed by atoms with Gasteiger partial charge in [-0.05, 0) is 37.8 Å². The highest BCUT2D eigenvalue weighted by Crippen LogP contribution is 2.33. The van der Waals surface area contributed by atoms with E-state index >= 15 is 0 Å². The highest BCUT2D eigenvalue weighted by atomic mass is 16.5. The number of rotatable bonds is 1. The van der Waals surface area contributed by atoms with Crippen LogP contribution < -0.4 is 0 Å². The van der Waals surface area contributed by atoms with Crippen molar-refractivity contribution in [2.75, 3.05) is 0 Å². The molecule has 0 aromatic heterocycles. The lowest BCUT2D eigenvalue weighted by Gasteiger charge is -2.27. The Morgan fingerprint density at radius 2 is 2.11 bits per heavy atom. The Kier molecular flexibility index (Phi) is 3.92. The molecule has 2 rings (SSSR count). The predicted molar refractivity (Wildman–Crippen MR) is 71.3 cm³/mol. The van der Waals surface area contributed by atoms with E-state index in [0.717, 1.165) is 5.57 Å². The number of aliphatic hydroxyl groups is 2. The molecule has 19 heavy (non-hydrogen) atoms. The van der Waals surface area contributed by atoms with Crippen molar-refractivity contribution in [1.29, 1.82) is 0 Å². The standard InChI is InChI=1S/C15H20O4/c1-8(2)11-7-13(17)9(3)12(16)5-4-10-6-14(11)19-15(10)18/h6,11-14,16-17H,1,3-5,7H2,2H3/t11-,12+,13-,14-/m0/s1. The minimum atomic E-state index is -0.814. The van der Waals surface area contributed by atoms with Gasteiger partial charge in [0.25, 0.3) is 0 Å². The van der Waals surface area contributed by atoms with E-state index in [1.54, 1.807) is 6.08 Å². The smallest absolute Gasteiger partial charge is 0.334 e. The highest BCUT2D eigenvalue weighted by molar-refractivity contribution is 5.91. The van der Waals surface area contributed by atoms with Crippen LogP contribution in [0.5, 0.6) is 0 Å². The SMILES string of the molecule is C=C1[C@H](O)CCC2=C[C@H](OC2=O)[C@H](C(=C)C)C[C@@H]1O. The molecule has 0 spiro atoms. The van der Waals surface area contributed by atoms with Crippen molar-refractivity contribution in [1.82, 2.24) is 0 Å². The molecule has 0 radical (unpaired) electrons. The van der Waals surface area contributed by atoms with Crippen LogP contribution in [0.25, 0.3) is 0 Å². The van der Waals surface area contributed by atoms with Gasteiger partial charge in [-0.15, -0.1) is 0 Å². The molecule has 4 nitrogen and oxygen atoms in total. The summed E-state index contributed by atoms with van der Waals surface area (Å²) in [6, 6.07) is 0. The minimum absolute atomic E-state index is 0.154. The van der Waals surface area contributed by atoms with Crippen molar-refractivity contribution < 1.29 is 19.7 Å². The Morgan fingerprint density at radius 3 is 2.74 bits per heavy atom. The van der Waals surface area contributed by atoms with Crippen LogP contribution in [0.15, 0.2) is 36.0 Å². The van der Waals surface area contributed by atoms with Gasteiger partial charge in [0, 0.05) is 11.5 Å². The lowest BCUT2D eigenvalue weighted by Crippen LogP contribution is -2.29. The van der Waals surface area contributed by atoms with Gasteiger partial charge in [-0.2, -0.15) is 0 Å². The van der Waals surface area contributed by atoms with E-state index in [0.29, 0.717) is 30.4 Å². The summed E-state index contributed by atoms with van der Waals surface area (Å²) in [5.74, 6) is -0.482. The number of ether oxygens (including phenoxy) is 1. The van der Waals surface area contributed by atoms with E-state index in [1.165, 1.54) is 0 Å². The fraction of sp³-hybridized carbons (Fsp3) is 0.533. The quantitative estimate of drug-likeness (QED) is 0.556. The predicted octanol–water partition coefficient (Wildman–Crippen LogP) is 1.49. The number of carbonyl (C=O) groups excluding carboxylic acids is 1. The van der Waals surface area contributed by atoms with E-state index in [9.17, 15) is 15.0 Å². The van der Waals surface area contributed by atoms with Gasteiger partial charge in [-0.25, -0.2) is 4.79 Å². The maximum Gasteiger partial charge on any atom is 0.334 e. The number of carbonyl (C=O) groups is 1. The second-order valence-corrected chi connectivity index (χ2v) is 5.40. The molecule has 1 aliphatic heterocycles. The van der Waals surface area contributed by atoms with Crippen LogP contribution >= 0.6 is 0 Å². The summed E-state index contributed by atoms with van der Waals surface area (Å²) in [7, 11) is 0. The molecule has 0 saturated heterocycles. The van der Waals surface area contributed by atoms with Gasteiger partial charge in [0.2, 0.25) is 0 Å². The monoisotopic (exact) mass is 264 g/mol. The summed E-state index contributed by atoms with van der Waals surface area (Å²) < 4.78 is 5.33. The maximum absolute atomic E-state index is 11.7. The Labute approximate surface area is 113 Å². The van der Waals surface area contributed by atoms with Gasteiger partial charge in [0.05, 0.1) is 12.2 Å². The molecular weight excluding hydrogens is 244 g/mol. The van der Waals surface area contributed by atoms with Crippen molar-refractivity contribution in [3.05, 3.63) is 36.0 Å². The molecule has 1 heterocycles. The second-order valence-electron chi connectivity index (χ2n) is 5.40. The molecule has 4 atom stereocenters. The van der Waals surface area contributed by atoms with Gasteiger partial charge in [0.15, 0.2) is 0 Å². The van der Waals surface area contributed by atoms with Crippen LogP contribution in [0.2, 0.25) is 0 Å². The summed E-state index contributed by atoms with van der Waals surface area (Å²) in [4.78, 5) is 11.7. The zero-order chi connectivity index (χ0) is 14.2. The normalized spacial score (nSPS) is 35.6. The van der Waals surface area contributed by atoms with Gasteiger partial charge >= 0.3 is 5.97 Å². The van der Waals surface area contributed by atoms with Crippen molar-refractivity contribution in [3.63, 3.8) is 0 Å². The summed E-state index contributed by atoms with van der Waals surface area (Å²) in [6.07, 6.45) is 0.990. The third-order valence-corrected chi connectivity index (χ3v) is 3.92. The largest absolute Gasteiger partial charge is 0.454 e. The number of fused-ring (bicyclic) bond motifs is 1. The Bertz CT molecular complexity index is 449. The van der Waals surface area contributed by atoms with Crippen LogP contribution in [0, 0.1) is 5.92 Å². The number of hydrogen-bond acceptors (Lipinski definition) is 4. The van der Waals surface area contributed by atoms with Crippen molar-refractivity contribution in [3.8, 4) is 0 Å². The topological polar surface area (TPSA) is 66.8 Å². The minimum Gasteiger partial charge on any atom is -0.454 e. The lowest BCUT2D eigenvalue weighted by molar-refractivity contribution is -0.141. The third kappa shape index (κ3) is 2.80. The first-order valence-electron chi connectivity index (χ1n) is 6.52. The van der Waals surface area contributed by atoms with Crippen LogP contribution in [0.1, 0.15) is 26.2 Å². The first-order valence-corrected chi connectivity index (χ1v) is 6.52. The zero-order valence-corrected chi connectivity index (χ0v) is 11.1. The van der Waals surface area contributed by atoms with E-state index in [-0.39, 0.29) is 18.0 Å². The van der Waals surface area contributed by atoms with E-state index < -0.39 is 12.2 Å². The highest BCUT2D eigenvalue weighted by Gasteiger charge is 2.35. The number of hydrogen-bond donors (Lipinski definition) is 2. The van der Waals surface area contributed by atoms with Gasteiger partial charge < -0.3 is 14.9 Å². The second kappa shape index (κ2) is 5.31. The van der Waals surface area contributed by atoms with Crippen molar-refractivity contribution in [2.45, 2.75) is 44.5 Å². The van der Waals surface area contributed by atoms with Crippen LogP contribution in [-0.2, 0) is 9.53 Å². The molecule has 0 aromatic carbocycles. The van der Waals surface area contributed by atoms with E-state index in [4.69, 9.17) is 4.74 Å². The van der Waals surface area contributed by atoms with Crippen LogP contribution in [-0.4, -0.2) is 34.5 Å². The van der Waals surface area contributed by atoms with Crippen molar-refractivity contribution >= 4 is 5.97 Å². The average Bonchev–Trinajstić information content (AvgIpc) is 2.71. The Balaban J connectivity index is 2.31. The lowest BCUT2D eigenvalue weighted by atomic mass is 9.84. The third-order valence-electron chi connectivity index (χ3n) is 3.92. The molecule has 104 valence electrons. The summed E-state index contributed by atoms with van der Waals surface area (Å²) in [5, 5.41) is 20.1. The molecule has 0 aromatic rings. The first-order chi connectivity index (χ1) is 8.90.